The Bertz CT molecular complexity index is 1040. The second-order valence-corrected chi connectivity index (χ2v) is 6.35. The number of amides is 1. The average Bonchev–Trinajstić information content (AvgIpc) is 3.00. The third-order valence-corrected chi connectivity index (χ3v) is 4.62. The van der Waals surface area contributed by atoms with Crippen molar-refractivity contribution in [3.63, 3.8) is 0 Å². The standard InChI is InChI=1S/C20H22N4O3/c1-12(17-11-21-24(3)13(17)2)22-19(25)16-8-9-18(23-20(16)26)14-6-5-7-15(10-14)27-4/h5-12H,1-4H3,(H,22,25)(H,23,26)/t12-/m1/s1. The zero-order chi connectivity index (χ0) is 19.6. The Labute approximate surface area is 157 Å². The number of benzene rings is 1. The molecule has 7 nitrogen and oxygen atoms in total. The van der Waals surface area contributed by atoms with Crippen LogP contribution in [0.2, 0.25) is 0 Å². The van der Waals surface area contributed by atoms with Crippen LogP contribution in [-0.4, -0.2) is 27.8 Å². The van der Waals surface area contributed by atoms with E-state index < -0.39 is 11.5 Å². The van der Waals surface area contributed by atoms with Crippen LogP contribution in [0.4, 0.5) is 0 Å². The first-order chi connectivity index (χ1) is 12.9. The maximum Gasteiger partial charge on any atom is 0.261 e. The monoisotopic (exact) mass is 366 g/mol. The highest BCUT2D eigenvalue weighted by molar-refractivity contribution is 5.94. The summed E-state index contributed by atoms with van der Waals surface area (Å²) in [7, 11) is 3.43. The molecule has 2 heterocycles. The summed E-state index contributed by atoms with van der Waals surface area (Å²) in [5.74, 6) is 0.264. The average molecular weight is 366 g/mol. The highest BCUT2D eigenvalue weighted by Gasteiger charge is 2.18. The molecule has 0 saturated heterocycles. The number of hydrogen-bond donors (Lipinski definition) is 2. The summed E-state index contributed by atoms with van der Waals surface area (Å²) in [6.45, 7) is 3.79. The fraction of sp³-hybridized carbons (Fsp3) is 0.250. The van der Waals surface area contributed by atoms with Crippen LogP contribution in [0, 0.1) is 6.92 Å². The molecule has 0 aliphatic rings. The third kappa shape index (κ3) is 3.76. The number of methoxy groups -OCH3 is 1. The lowest BCUT2D eigenvalue weighted by atomic mass is 10.1. The number of H-pyrrole nitrogens is 1. The van der Waals surface area contributed by atoms with Crippen molar-refractivity contribution in [2.75, 3.05) is 7.11 Å². The molecule has 3 aromatic rings. The number of aromatic nitrogens is 3. The topological polar surface area (TPSA) is 89.0 Å². The van der Waals surface area contributed by atoms with E-state index in [2.05, 4.69) is 15.4 Å². The number of carbonyl (C=O) groups is 1. The molecule has 2 aromatic heterocycles. The van der Waals surface area contributed by atoms with E-state index in [1.165, 1.54) is 6.07 Å². The van der Waals surface area contributed by atoms with Gasteiger partial charge in [0, 0.05) is 29.6 Å². The molecule has 0 bridgehead atoms. The zero-order valence-electron chi connectivity index (χ0n) is 15.7. The molecule has 0 spiro atoms. The lowest BCUT2D eigenvalue weighted by Gasteiger charge is -2.13. The van der Waals surface area contributed by atoms with Crippen LogP contribution in [0.3, 0.4) is 0 Å². The van der Waals surface area contributed by atoms with Crippen LogP contribution in [0.5, 0.6) is 5.75 Å². The van der Waals surface area contributed by atoms with E-state index in [4.69, 9.17) is 4.74 Å². The van der Waals surface area contributed by atoms with Gasteiger partial charge in [0.2, 0.25) is 0 Å². The molecule has 1 aromatic carbocycles. The van der Waals surface area contributed by atoms with Gasteiger partial charge in [-0.2, -0.15) is 5.10 Å². The maximum atomic E-state index is 12.5. The molecule has 0 aliphatic carbocycles. The molecule has 1 amide bonds. The van der Waals surface area contributed by atoms with Crippen molar-refractivity contribution in [3.05, 3.63) is 69.8 Å². The minimum atomic E-state index is -0.442. The fourth-order valence-electron chi connectivity index (χ4n) is 2.90. The zero-order valence-corrected chi connectivity index (χ0v) is 15.7. The van der Waals surface area contributed by atoms with Crippen molar-refractivity contribution in [2.45, 2.75) is 19.9 Å². The Morgan fingerprint density at radius 2 is 2.07 bits per heavy atom. The van der Waals surface area contributed by atoms with Crippen LogP contribution in [-0.2, 0) is 7.05 Å². The molecule has 27 heavy (non-hydrogen) atoms. The molecule has 0 radical (unpaired) electrons. The van der Waals surface area contributed by atoms with Crippen molar-refractivity contribution in [1.82, 2.24) is 20.1 Å². The van der Waals surface area contributed by atoms with Gasteiger partial charge in [0.05, 0.1) is 19.3 Å². The number of nitrogens with one attached hydrogen (secondary N) is 2. The lowest BCUT2D eigenvalue weighted by Crippen LogP contribution is -2.31. The molecule has 0 aliphatic heterocycles. The number of aryl methyl sites for hydroxylation is 1. The summed E-state index contributed by atoms with van der Waals surface area (Å²) in [6, 6.07) is 10.3. The molecule has 140 valence electrons. The molecular weight excluding hydrogens is 344 g/mol. The van der Waals surface area contributed by atoms with Crippen molar-refractivity contribution < 1.29 is 9.53 Å². The van der Waals surface area contributed by atoms with Gasteiger partial charge in [0.25, 0.3) is 11.5 Å². The molecule has 0 fully saturated rings. The van der Waals surface area contributed by atoms with Crippen LogP contribution in [0.1, 0.15) is 34.6 Å². The first-order valence-electron chi connectivity index (χ1n) is 8.58. The van der Waals surface area contributed by atoms with Gasteiger partial charge < -0.3 is 15.0 Å². The molecule has 1 atom stereocenters. The lowest BCUT2D eigenvalue weighted by molar-refractivity contribution is 0.0938. The Morgan fingerprint density at radius 3 is 2.70 bits per heavy atom. The Kier molecular flexibility index (Phi) is 5.12. The van der Waals surface area contributed by atoms with E-state index in [0.717, 1.165) is 16.8 Å². The van der Waals surface area contributed by atoms with Crippen LogP contribution < -0.4 is 15.6 Å². The van der Waals surface area contributed by atoms with Gasteiger partial charge in [0.15, 0.2) is 0 Å². The van der Waals surface area contributed by atoms with Gasteiger partial charge in [-0.05, 0) is 38.1 Å². The van der Waals surface area contributed by atoms with E-state index in [0.29, 0.717) is 11.4 Å². The van der Waals surface area contributed by atoms with E-state index in [-0.39, 0.29) is 11.6 Å². The SMILES string of the molecule is COc1cccc(-c2ccc(C(=O)N[C@H](C)c3cnn(C)c3C)c(=O)[nH]2)c1. The number of carbonyl (C=O) groups excluding carboxylic acids is 1. The molecule has 3 rings (SSSR count). The summed E-state index contributed by atoms with van der Waals surface area (Å²) in [5.41, 5.74) is 2.92. The predicted octanol–water partition coefficient (Wildman–Crippen LogP) is 2.58. The quantitative estimate of drug-likeness (QED) is 0.726. The summed E-state index contributed by atoms with van der Waals surface area (Å²) in [5, 5.41) is 7.03. The van der Waals surface area contributed by atoms with Gasteiger partial charge in [-0.3, -0.25) is 14.3 Å². The molecule has 7 heteroatoms. The smallest absolute Gasteiger partial charge is 0.261 e. The molecule has 2 N–H and O–H groups in total. The van der Waals surface area contributed by atoms with Crippen LogP contribution in [0.25, 0.3) is 11.3 Å². The molecule has 0 unspecified atom stereocenters. The first kappa shape index (κ1) is 18.4. The van der Waals surface area contributed by atoms with Crippen LogP contribution in [0.15, 0.2) is 47.4 Å². The summed E-state index contributed by atoms with van der Waals surface area (Å²) < 4.78 is 6.95. The van der Waals surface area contributed by atoms with Crippen molar-refractivity contribution in [2.24, 2.45) is 7.05 Å². The van der Waals surface area contributed by atoms with E-state index in [1.54, 1.807) is 24.1 Å². The predicted molar refractivity (Wildman–Crippen MR) is 103 cm³/mol. The second kappa shape index (κ2) is 7.49. The Morgan fingerprint density at radius 1 is 1.30 bits per heavy atom. The number of hydrogen-bond acceptors (Lipinski definition) is 4. The second-order valence-electron chi connectivity index (χ2n) is 6.35. The number of aromatic amines is 1. The van der Waals surface area contributed by atoms with Crippen molar-refractivity contribution in [1.29, 1.82) is 0 Å². The summed E-state index contributed by atoms with van der Waals surface area (Å²) in [4.78, 5) is 27.7. The number of rotatable bonds is 5. The van der Waals surface area contributed by atoms with Crippen molar-refractivity contribution in [3.8, 4) is 17.0 Å². The van der Waals surface area contributed by atoms with E-state index in [9.17, 15) is 9.59 Å². The highest BCUT2D eigenvalue weighted by atomic mass is 16.5. The van der Waals surface area contributed by atoms with Gasteiger partial charge in [-0.15, -0.1) is 0 Å². The van der Waals surface area contributed by atoms with Gasteiger partial charge >= 0.3 is 0 Å². The fourth-order valence-corrected chi connectivity index (χ4v) is 2.90. The minimum Gasteiger partial charge on any atom is -0.497 e. The minimum absolute atomic E-state index is 0.0649. The Balaban J connectivity index is 1.82. The molecular formula is C20H22N4O3. The third-order valence-electron chi connectivity index (χ3n) is 4.62. The van der Waals surface area contributed by atoms with Gasteiger partial charge in [-0.1, -0.05) is 12.1 Å². The van der Waals surface area contributed by atoms with Crippen LogP contribution >= 0.6 is 0 Å². The number of nitrogens with zero attached hydrogens (tertiary/aromatic N) is 2. The highest BCUT2D eigenvalue weighted by Crippen LogP contribution is 2.21. The molecule has 0 saturated carbocycles. The van der Waals surface area contributed by atoms with Gasteiger partial charge in [-0.25, -0.2) is 0 Å². The van der Waals surface area contributed by atoms with Crippen molar-refractivity contribution >= 4 is 5.91 Å². The maximum absolute atomic E-state index is 12.5. The summed E-state index contributed by atoms with van der Waals surface area (Å²) in [6.07, 6.45) is 1.72. The largest absolute Gasteiger partial charge is 0.497 e. The first-order valence-corrected chi connectivity index (χ1v) is 8.58. The Hall–Kier alpha value is -3.35. The van der Waals surface area contributed by atoms with E-state index >= 15 is 0 Å². The van der Waals surface area contributed by atoms with Gasteiger partial charge in [0.1, 0.15) is 11.3 Å². The summed E-state index contributed by atoms with van der Waals surface area (Å²) >= 11 is 0. The normalized spacial score (nSPS) is 11.9. The van der Waals surface area contributed by atoms with E-state index in [1.807, 2.05) is 45.2 Å². The number of pyridine rings is 1. The number of ether oxygens (including phenoxy) is 1.